The van der Waals surface area contributed by atoms with Crippen molar-refractivity contribution in [2.75, 3.05) is 26.1 Å². The first-order valence-electron chi connectivity index (χ1n) is 10.7. The van der Waals surface area contributed by atoms with Crippen LogP contribution in [0.15, 0.2) is 77.9 Å². The number of carbonyl (C=O) groups is 1. The van der Waals surface area contributed by atoms with Crippen LogP contribution in [0.1, 0.15) is 15.9 Å². The molecule has 4 rings (SSSR count). The average molecular weight is 461 g/mol. The van der Waals surface area contributed by atoms with Crippen LogP contribution >= 0.6 is 0 Å². The molecule has 0 atom stereocenters. The minimum Gasteiger partial charge on any atom is -0.493 e. The van der Waals surface area contributed by atoms with Crippen LogP contribution < -0.4 is 20.1 Å². The Morgan fingerprint density at radius 1 is 1.00 bits per heavy atom. The summed E-state index contributed by atoms with van der Waals surface area (Å²) in [5.41, 5.74) is 2.72. The van der Waals surface area contributed by atoms with E-state index >= 15 is 0 Å². The van der Waals surface area contributed by atoms with Gasteiger partial charge in [-0.05, 0) is 42.3 Å². The molecule has 34 heavy (non-hydrogen) atoms. The topological polar surface area (TPSA) is 87.7 Å². The number of nitrogens with one attached hydrogen (secondary N) is 3. The number of aliphatic imine (C=N–C) groups is 1. The van der Waals surface area contributed by atoms with E-state index in [-0.39, 0.29) is 11.5 Å². The Balaban J connectivity index is 1.56. The van der Waals surface area contributed by atoms with Gasteiger partial charge in [-0.25, -0.2) is 4.39 Å². The lowest BCUT2D eigenvalue weighted by Crippen LogP contribution is -2.36. The Hall–Kier alpha value is -4.33. The summed E-state index contributed by atoms with van der Waals surface area (Å²) in [5, 5.41) is 6.91. The number of hydrogen-bond acceptors (Lipinski definition) is 4. The zero-order valence-corrected chi connectivity index (χ0v) is 18.9. The highest BCUT2D eigenvalue weighted by molar-refractivity contribution is 6.10. The Kier molecular flexibility index (Phi) is 7.07. The Morgan fingerprint density at radius 3 is 2.56 bits per heavy atom. The summed E-state index contributed by atoms with van der Waals surface area (Å²) in [6, 6.07) is 19.1. The van der Waals surface area contributed by atoms with E-state index in [1.165, 1.54) is 25.3 Å². The SMILES string of the molecule is COc1ccc(NC(=NCCc2c[nH]c3ccccc23)NC(=O)c2ccccc2F)cc1OC. The van der Waals surface area contributed by atoms with Gasteiger partial charge in [0.2, 0.25) is 5.96 Å². The Bertz CT molecular complexity index is 1330. The van der Waals surface area contributed by atoms with Crippen LogP contribution in [0.2, 0.25) is 0 Å². The molecule has 0 saturated heterocycles. The third kappa shape index (κ3) is 5.17. The fourth-order valence-corrected chi connectivity index (χ4v) is 3.61. The Morgan fingerprint density at radius 2 is 1.76 bits per heavy atom. The minimum atomic E-state index is -0.607. The lowest BCUT2D eigenvalue weighted by Gasteiger charge is -2.14. The number of H-pyrrole nitrogens is 1. The number of benzene rings is 3. The van der Waals surface area contributed by atoms with Gasteiger partial charge < -0.3 is 19.8 Å². The molecule has 0 saturated carbocycles. The average Bonchev–Trinajstić information content (AvgIpc) is 3.27. The summed E-state index contributed by atoms with van der Waals surface area (Å²) < 4.78 is 24.8. The van der Waals surface area contributed by atoms with Crippen LogP contribution in [0.5, 0.6) is 11.5 Å². The molecule has 0 aliphatic rings. The van der Waals surface area contributed by atoms with Crippen molar-refractivity contribution in [1.82, 2.24) is 10.3 Å². The molecule has 174 valence electrons. The number of hydrogen-bond donors (Lipinski definition) is 3. The Labute approximate surface area is 196 Å². The third-order valence-corrected chi connectivity index (χ3v) is 5.32. The van der Waals surface area contributed by atoms with E-state index in [1.54, 1.807) is 31.4 Å². The molecule has 0 fully saturated rings. The van der Waals surface area contributed by atoms with E-state index in [0.717, 1.165) is 16.5 Å². The number of anilines is 1. The highest BCUT2D eigenvalue weighted by atomic mass is 19.1. The van der Waals surface area contributed by atoms with Crippen LogP contribution in [0.25, 0.3) is 10.9 Å². The number of para-hydroxylation sites is 1. The molecule has 8 heteroatoms. The number of ether oxygens (including phenoxy) is 2. The number of nitrogens with zero attached hydrogens (tertiary/aromatic N) is 1. The summed E-state index contributed by atoms with van der Waals surface area (Å²) in [7, 11) is 3.09. The van der Waals surface area contributed by atoms with Crippen molar-refractivity contribution in [1.29, 1.82) is 0 Å². The van der Waals surface area contributed by atoms with Crippen LogP contribution in [-0.2, 0) is 6.42 Å². The van der Waals surface area contributed by atoms with Gasteiger partial charge in [0.25, 0.3) is 5.91 Å². The van der Waals surface area contributed by atoms with Crippen LogP contribution in [0.3, 0.4) is 0 Å². The molecule has 3 N–H and O–H groups in total. The lowest BCUT2D eigenvalue weighted by molar-refractivity contribution is 0.0973. The first kappa shape index (κ1) is 22.8. The fraction of sp³-hybridized carbons (Fsp3) is 0.154. The molecular formula is C26H25FN4O3. The second kappa shape index (κ2) is 10.5. The lowest BCUT2D eigenvalue weighted by atomic mass is 10.1. The standard InChI is InChI=1S/C26H25FN4O3/c1-33-23-12-11-18(15-24(23)34-2)30-26(31-25(32)20-8-3-5-9-21(20)27)28-14-13-17-16-29-22-10-6-4-7-19(17)22/h3-12,15-16,29H,13-14H2,1-2H3,(H2,28,30,31,32). The molecule has 1 aromatic heterocycles. The monoisotopic (exact) mass is 460 g/mol. The molecule has 3 aromatic carbocycles. The van der Waals surface area contributed by atoms with Crippen molar-refractivity contribution in [2.24, 2.45) is 4.99 Å². The van der Waals surface area contributed by atoms with Crippen molar-refractivity contribution >= 4 is 28.5 Å². The molecule has 0 unspecified atom stereocenters. The van der Waals surface area contributed by atoms with Gasteiger partial charge in [-0.15, -0.1) is 0 Å². The van der Waals surface area contributed by atoms with E-state index in [2.05, 4.69) is 20.6 Å². The van der Waals surface area contributed by atoms with E-state index < -0.39 is 11.7 Å². The first-order valence-corrected chi connectivity index (χ1v) is 10.7. The van der Waals surface area contributed by atoms with Crippen molar-refractivity contribution in [3.05, 3.63) is 89.9 Å². The van der Waals surface area contributed by atoms with Crippen molar-refractivity contribution in [3.63, 3.8) is 0 Å². The quantitative estimate of drug-likeness (QED) is 0.274. The highest BCUT2D eigenvalue weighted by Crippen LogP contribution is 2.29. The molecule has 7 nitrogen and oxygen atoms in total. The molecule has 1 amide bonds. The second-order valence-electron chi connectivity index (χ2n) is 7.47. The number of halogens is 1. The summed E-state index contributed by atoms with van der Waals surface area (Å²) >= 11 is 0. The molecule has 0 spiro atoms. The number of carbonyl (C=O) groups excluding carboxylic acids is 1. The zero-order chi connectivity index (χ0) is 23.9. The number of methoxy groups -OCH3 is 2. The van der Waals surface area contributed by atoms with Crippen molar-refractivity contribution in [2.45, 2.75) is 6.42 Å². The molecule has 0 bridgehead atoms. The molecule has 0 radical (unpaired) electrons. The summed E-state index contributed by atoms with van der Waals surface area (Å²) in [6.07, 6.45) is 2.61. The summed E-state index contributed by atoms with van der Waals surface area (Å²) in [5.74, 6) is 0.0776. The van der Waals surface area contributed by atoms with Gasteiger partial charge in [0.15, 0.2) is 11.5 Å². The fourth-order valence-electron chi connectivity index (χ4n) is 3.61. The van der Waals surface area contributed by atoms with E-state index in [9.17, 15) is 9.18 Å². The maximum absolute atomic E-state index is 14.1. The van der Waals surface area contributed by atoms with Gasteiger partial charge >= 0.3 is 0 Å². The summed E-state index contributed by atoms with van der Waals surface area (Å²) in [6.45, 7) is 0.398. The third-order valence-electron chi connectivity index (χ3n) is 5.32. The number of guanidine groups is 1. The number of fused-ring (bicyclic) bond motifs is 1. The van der Waals surface area contributed by atoms with Gasteiger partial charge in [-0.1, -0.05) is 30.3 Å². The number of aromatic amines is 1. The van der Waals surface area contributed by atoms with Crippen LogP contribution in [0, 0.1) is 5.82 Å². The van der Waals surface area contributed by atoms with Crippen LogP contribution in [0.4, 0.5) is 10.1 Å². The maximum atomic E-state index is 14.1. The van der Waals surface area contributed by atoms with Crippen molar-refractivity contribution < 1.29 is 18.7 Å². The highest BCUT2D eigenvalue weighted by Gasteiger charge is 2.14. The van der Waals surface area contributed by atoms with Gasteiger partial charge in [0.05, 0.1) is 19.8 Å². The maximum Gasteiger partial charge on any atom is 0.260 e. The van der Waals surface area contributed by atoms with E-state index in [0.29, 0.717) is 30.2 Å². The zero-order valence-electron chi connectivity index (χ0n) is 18.9. The smallest absolute Gasteiger partial charge is 0.260 e. The predicted molar refractivity (Wildman–Crippen MR) is 131 cm³/mol. The number of rotatable bonds is 7. The normalized spacial score (nSPS) is 11.3. The predicted octanol–water partition coefficient (Wildman–Crippen LogP) is 4.76. The molecule has 0 aliphatic carbocycles. The summed E-state index contributed by atoms with van der Waals surface area (Å²) in [4.78, 5) is 20.5. The molecule has 1 heterocycles. The minimum absolute atomic E-state index is 0.0686. The second-order valence-corrected chi connectivity index (χ2v) is 7.47. The number of aromatic nitrogens is 1. The number of amides is 1. The molecule has 4 aromatic rings. The van der Waals surface area contributed by atoms with E-state index in [4.69, 9.17) is 9.47 Å². The van der Waals surface area contributed by atoms with Crippen molar-refractivity contribution in [3.8, 4) is 11.5 Å². The van der Waals surface area contributed by atoms with Gasteiger partial charge in [0.1, 0.15) is 5.82 Å². The van der Waals surface area contributed by atoms with Gasteiger partial charge in [-0.3, -0.25) is 15.1 Å². The molecular weight excluding hydrogens is 435 g/mol. The van der Waals surface area contributed by atoms with E-state index in [1.807, 2.05) is 30.5 Å². The van der Waals surface area contributed by atoms with Crippen LogP contribution in [-0.4, -0.2) is 37.6 Å². The molecule has 0 aliphatic heterocycles. The first-order chi connectivity index (χ1) is 16.6. The van der Waals surface area contributed by atoms with Gasteiger partial charge in [-0.2, -0.15) is 0 Å². The largest absolute Gasteiger partial charge is 0.493 e. The van der Waals surface area contributed by atoms with Gasteiger partial charge in [0, 0.05) is 35.4 Å².